The molecule has 0 amide bonds. The first-order valence-corrected chi connectivity index (χ1v) is 7.87. The van der Waals surface area contributed by atoms with Gasteiger partial charge in [0.2, 0.25) is 0 Å². The number of Topliss-reactive ketones (excluding diaryl/α,β-unsaturated/α-hetero) is 1. The maximum absolute atomic E-state index is 12.1. The SMILES string of the molecule is CCOC(=O)C(C)(C)C(=O)CSCc1cccc(C)c1. The highest BCUT2D eigenvalue weighted by Gasteiger charge is 2.36. The number of hydrogen-bond acceptors (Lipinski definition) is 4. The van der Waals surface area contributed by atoms with E-state index in [1.807, 2.05) is 25.1 Å². The fraction of sp³-hybridized carbons (Fsp3) is 0.500. The van der Waals surface area contributed by atoms with Gasteiger partial charge in [0, 0.05) is 5.75 Å². The van der Waals surface area contributed by atoms with E-state index < -0.39 is 11.4 Å². The number of rotatable bonds is 7. The van der Waals surface area contributed by atoms with E-state index in [1.54, 1.807) is 20.8 Å². The number of thioether (sulfide) groups is 1. The van der Waals surface area contributed by atoms with E-state index in [2.05, 4.69) is 6.07 Å². The van der Waals surface area contributed by atoms with E-state index in [-0.39, 0.29) is 5.78 Å². The first-order chi connectivity index (χ1) is 9.37. The zero-order valence-corrected chi connectivity index (χ0v) is 13.4. The Kier molecular flexibility index (Phi) is 6.27. The van der Waals surface area contributed by atoms with Crippen molar-refractivity contribution in [2.24, 2.45) is 5.41 Å². The summed E-state index contributed by atoms with van der Waals surface area (Å²) < 4.78 is 4.94. The van der Waals surface area contributed by atoms with Gasteiger partial charge in [0.15, 0.2) is 5.78 Å². The molecule has 110 valence electrons. The number of carbonyl (C=O) groups excluding carboxylic acids is 2. The van der Waals surface area contributed by atoms with E-state index in [4.69, 9.17) is 4.74 Å². The number of carbonyl (C=O) groups is 2. The molecule has 20 heavy (non-hydrogen) atoms. The molecule has 0 aliphatic carbocycles. The van der Waals surface area contributed by atoms with Crippen LogP contribution in [-0.4, -0.2) is 24.1 Å². The fourth-order valence-electron chi connectivity index (χ4n) is 1.67. The predicted molar refractivity (Wildman–Crippen MR) is 82.8 cm³/mol. The average molecular weight is 294 g/mol. The Morgan fingerprint density at radius 2 is 2.00 bits per heavy atom. The van der Waals surface area contributed by atoms with Crippen LogP contribution >= 0.6 is 11.8 Å². The minimum Gasteiger partial charge on any atom is -0.465 e. The van der Waals surface area contributed by atoms with Gasteiger partial charge in [-0.15, -0.1) is 11.8 Å². The van der Waals surface area contributed by atoms with Gasteiger partial charge >= 0.3 is 5.97 Å². The molecular weight excluding hydrogens is 272 g/mol. The van der Waals surface area contributed by atoms with Gasteiger partial charge in [0.05, 0.1) is 12.4 Å². The molecule has 0 fully saturated rings. The Hall–Kier alpha value is -1.29. The summed E-state index contributed by atoms with van der Waals surface area (Å²) in [6.45, 7) is 7.33. The molecular formula is C16H22O3S. The molecule has 0 aromatic heterocycles. The Bertz CT molecular complexity index is 480. The van der Waals surface area contributed by atoms with E-state index in [1.165, 1.54) is 22.9 Å². The lowest BCUT2D eigenvalue weighted by atomic mass is 9.89. The van der Waals surface area contributed by atoms with E-state index in [0.29, 0.717) is 12.4 Å². The van der Waals surface area contributed by atoms with Gasteiger partial charge in [-0.2, -0.15) is 0 Å². The second kappa shape index (κ2) is 7.48. The van der Waals surface area contributed by atoms with Crippen molar-refractivity contribution in [2.75, 3.05) is 12.4 Å². The molecule has 0 heterocycles. The van der Waals surface area contributed by atoms with Crippen molar-refractivity contribution in [1.29, 1.82) is 0 Å². The van der Waals surface area contributed by atoms with Gasteiger partial charge in [-0.3, -0.25) is 9.59 Å². The van der Waals surface area contributed by atoms with E-state index >= 15 is 0 Å². The van der Waals surface area contributed by atoms with Crippen molar-refractivity contribution >= 4 is 23.5 Å². The van der Waals surface area contributed by atoms with Crippen LogP contribution in [0, 0.1) is 12.3 Å². The highest BCUT2D eigenvalue weighted by atomic mass is 32.2. The van der Waals surface area contributed by atoms with Gasteiger partial charge in [0.25, 0.3) is 0 Å². The summed E-state index contributed by atoms with van der Waals surface area (Å²) in [7, 11) is 0. The molecule has 0 atom stereocenters. The van der Waals surface area contributed by atoms with Crippen molar-refractivity contribution in [2.45, 2.75) is 33.4 Å². The number of hydrogen-bond donors (Lipinski definition) is 0. The molecule has 4 heteroatoms. The third kappa shape index (κ3) is 4.67. The molecule has 0 N–H and O–H groups in total. The number of ether oxygens (including phenoxy) is 1. The average Bonchev–Trinajstić information content (AvgIpc) is 2.38. The Balaban J connectivity index is 2.49. The van der Waals surface area contributed by atoms with E-state index in [0.717, 1.165) is 5.75 Å². The molecule has 0 aliphatic heterocycles. The summed E-state index contributed by atoms with van der Waals surface area (Å²) in [5, 5.41) is 0. The first-order valence-electron chi connectivity index (χ1n) is 6.71. The third-order valence-electron chi connectivity index (χ3n) is 3.07. The number of ketones is 1. The molecule has 0 bridgehead atoms. The zero-order chi connectivity index (χ0) is 15.2. The van der Waals surface area contributed by atoms with Gasteiger partial charge < -0.3 is 4.74 Å². The molecule has 0 saturated heterocycles. The maximum atomic E-state index is 12.1. The van der Waals surface area contributed by atoms with Crippen LogP contribution in [0.25, 0.3) is 0 Å². The van der Waals surface area contributed by atoms with Crippen molar-refractivity contribution in [1.82, 2.24) is 0 Å². The van der Waals surface area contributed by atoms with Crippen LogP contribution < -0.4 is 0 Å². The van der Waals surface area contributed by atoms with Crippen molar-refractivity contribution in [3.63, 3.8) is 0 Å². The standard InChI is InChI=1S/C16H22O3S/c1-5-19-15(18)16(3,4)14(17)11-20-10-13-8-6-7-12(2)9-13/h6-9H,5,10-11H2,1-4H3. The number of esters is 1. The monoisotopic (exact) mass is 294 g/mol. The maximum Gasteiger partial charge on any atom is 0.319 e. The lowest BCUT2D eigenvalue weighted by Crippen LogP contribution is -2.36. The van der Waals surface area contributed by atoms with Crippen molar-refractivity contribution in [3.05, 3.63) is 35.4 Å². The van der Waals surface area contributed by atoms with Crippen LogP contribution in [0.3, 0.4) is 0 Å². The van der Waals surface area contributed by atoms with Crippen LogP contribution in [0.4, 0.5) is 0 Å². The van der Waals surface area contributed by atoms with Crippen LogP contribution in [0.2, 0.25) is 0 Å². The molecule has 0 radical (unpaired) electrons. The summed E-state index contributed by atoms with van der Waals surface area (Å²) in [4.78, 5) is 23.8. The second-order valence-electron chi connectivity index (χ2n) is 5.25. The Morgan fingerprint density at radius 1 is 1.30 bits per heavy atom. The van der Waals surface area contributed by atoms with Gasteiger partial charge in [-0.25, -0.2) is 0 Å². The topological polar surface area (TPSA) is 43.4 Å². The molecule has 0 spiro atoms. The zero-order valence-electron chi connectivity index (χ0n) is 12.6. The number of aryl methyl sites for hydroxylation is 1. The molecule has 0 unspecified atom stereocenters. The van der Waals surface area contributed by atoms with Gasteiger partial charge in [0.1, 0.15) is 5.41 Å². The second-order valence-corrected chi connectivity index (χ2v) is 6.24. The summed E-state index contributed by atoms with van der Waals surface area (Å²) in [5.74, 6) is 0.557. The normalized spacial score (nSPS) is 11.2. The summed E-state index contributed by atoms with van der Waals surface area (Å²) in [5.41, 5.74) is 1.34. The lowest BCUT2D eigenvalue weighted by molar-refractivity contribution is -0.157. The Labute approximate surface area is 125 Å². The molecule has 1 aromatic rings. The minimum atomic E-state index is -1.06. The molecule has 0 aliphatic rings. The molecule has 1 rings (SSSR count). The predicted octanol–water partition coefficient (Wildman–Crippen LogP) is 3.39. The van der Waals surface area contributed by atoms with Crippen LogP contribution in [0.1, 0.15) is 31.9 Å². The largest absolute Gasteiger partial charge is 0.465 e. The van der Waals surface area contributed by atoms with E-state index in [9.17, 15) is 9.59 Å². The van der Waals surface area contributed by atoms with Crippen molar-refractivity contribution in [3.8, 4) is 0 Å². The molecule has 3 nitrogen and oxygen atoms in total. The molecule has 1 aromatic carbocycles. The summed E-state index contributed by atoms with van der Waals surface area (Å²) in [6.07, 6.45) is 0. The molecule has 0 saturated carbocycles. The van der Waals surface area contributed by atoms with Crippen LogP contribution in [0.5, 0.6) is 0 Å². The Morgan fingerprint density at radius 3 is 2.60 bits per heavy atom. The van der Waals surface area contributed by atoms with Crippen molar-refractivity contribution < 1.29 is 14.3 Å². The summed E-state index contributed by atoms with van der Waals surface area (Å²) in [6, 6.07) is 8.20. The fourth-order valence-corrected chi connectivity index (χ4v) is 2.73. The minimum absolute atomic E-state index is 0.0893. The highest BCUT2D eigenvalue weighted by molar-refractivity contribution is 7.99. The smallest absolute Gasteiger partial charge is 0.319 e. The van der Waals surface area contributed by atoms with Crippen LogP contribution in [-0.2, 0) is 20.1 Å². The van der Waals surface area contributed by atoms with Gasteiger partial charge in [-0.05, 0) is 33.3 Å². The quantitative estimate of drug-likeness (QED) is 0.571. The number of benzene rings is 1. The van der Waals surface area contributed by atoms with Crippen LogP contribution in [0.15, 0.2) is 24.3 Å². The first kappa shape index (κ1) is 16.8. The van der Waals surface area contributed by atoms with Gasteiger partial charge in [-0.1, -0.05) is 29.8 Å². The summed E-state index contributed by atoms with van der Waals surface area (Å²) >= 11 is 1.53. The third-order valence-corrected chi connectivity index (χ3v) is 4.07. The lowest BCUT2D eigenvalue weighted by Gasteiger charge is -2.20. The highest BCUT2D eigenvalue weighted by Crippen LogP contribution is 2.23.